The first-order valence-electron chi connectivity index (χ1n) is 10.4. The van der Waals surface area contributed by atoms with Crippen LogP contribution < -0.4 is 5.73 Å². The van der Waals surface area contributed by atoms with Gasteiger partial charge >= 0.3 is 5.97 Å². The van der Waals surface area contributed by atoms with Crippen molar-refractivity contribution in [1.29, 1.82) is 0 Å². The van der Waals surface area contributed by atoms with Crippen molar-refractivity contribution in [2.75, 3.05) is 18.1 Å². The second-order valence-electron chi connectivity index (χ2n) is 6.64. The Kier molecular flexibility index (Phi) is 8.69. The van der Waals surface area contributed by atoms with Crippen LogP contribution in [0.1, 0.15) is 27.2 Å². The van der Waals surface area contributed by atoms with Gasteiger partial charge in [-0.15, -0.1) is 11.3 Å². The van der Waals surface area contributed by atoms with Gasteiger partial charge in [0, 0.05) is 18.7 Å². The molecule has 0 aliphatic carbocycles. The quantitative estimate of drug-likeness (QED) is 0.172. The highest BCUT2D eigenvalue weighted by atomic mass is 32.2. The highest BCUT2D eigenvalue weighted by Crippen LogP contribution is 2.43. The number of aromatic nitrogens is 1. The van der Waals surface area contributed by atoms with Gasteiger partial charge in [0.25, 0.3) is 4.21 Å². The Morgan fingerprint density at radius 1 is 1.19 bits per heavy atom. The average molecular weight is 488 g/mol. The predicted octanol–water partition coefficient (Wildman–Crippen LogP) is 6.70. The average Bonchev–Trinajstić information content (AvgIpc) is 3.46. The van der Waals surface area contributed by atoms with E-state index in [9.17, 15) is 9.35 Å². The number of carbonyl (C=O) groups is 1. The van der Waals surface area contributed by atoms with Crippen LogP contribution in [0.5, 0.6) is 0 Å². The Morgan fingerprint density at radius 3 is 2.59 bits per heavy atom. The number of pyridine rings is 1. The number of hydrogen-bond acceptors (Lipinski definition) is 7. The number of fused-ring (bicyclic) bond motifs is 1. The fourth-order valence-electron chi connectivity index (χ4n) is 3.18. The molecule has 0 saturated heterocycles. The number of nitrogens with zero attached hydrogens (tertiary/aromatic N) is 1. The highest BCUT2D eigenvalue weighted by molar-refractivity contribution is 7.93. The number of thiophene rings is 2. The molecule has 0 aliphatic heterocycles. The van der Waals surface area contributed by atoms with E-state index in [1.165, 1.54) is 18.3 Å². The summed E-state index contributed by atoms with van der Waals surface area (Å²) in [6.07, 6.45) is 0.576. The highest BCUT2D eigenvalue weighted by Gasteiger charge is 2.30. The molecule has 0 saturated carbocycles. The molecule has 5 nitrogen and oxygen atoms in total. The molecule has 4 rings (SSSR count). The third-order valence-corrected chi connectivity index (χ3v) is 8.46. The largest absolute Gasteiger partial charge is 0.466 e. The molecule has 1 atom stereocenters. The van der Waals surface area contributed by atoms with Crippen molar-refractivity contribution in [3.8, 4) is 21.7 Å². The summed E-state index contributed by atoms with van der Waals surface area (Å²) in [7, 11) is 0. The summed E-state index contributed by atoms with van der Waals surface area (Å²) in [4.78, 5) is 17.7. The molecular formula is C24H27N2O3S3+. The Bertz CT molecular complexity index is 1160. The Hall–Kier alpha value is -2.39. The Balaban J connectivity index is 0.00000141. The van der Waals surface area contributed by atoms with Crippen molar-refractivity contribution in [3.05, 3.63) is 53.9 Å². The summed E-state index contributed by atoms with van der Waals surface area (Å²) < 4.78 is 16.5. The van der Waals surface area contributed by atoms with E-state index < -0.39 is 11.2 Å². The number of nitrogen functional groups attached to an aromatic ring is 1. The predicted molar refractivity (Wildman–Crippen MR) is 139 cm³/mol. The number of anilines is 1. The van der Waals surface area contributed by atoms with Crippen LogP contribution in [0.15, 0.2) is 58.1 Å². The summed E-state index contributed by atoms with van der Waals surface area (Å²) in [5.74, 6) is 0.176. The molecular weight excluding hydrogens is 460 g/mol. The first-order valence-corrected chi connectivity index (χ1v) is 13.4. The zero-order valence-corrected chi connectivity index (χ0v) is 20.8. The standard InChI is InChI=1S/C22H21N2O3S3.C2H6/c1-14(25)27-10-6-12-30(26)22-20(23)19-16(15-7-3-2-4-8-15)13-17(24-21(19)29-22)18-9-5-11-28-18;1-2/h2-5,7-9,11,13,26H,6,10,12,23H2,1H3;1-2H3/q+1;. The molecule has 0 fully saturated rings. The summed E-state index contributed by atoms with van der Waals surface area (Å²) >= 11 is 2.05. The fraction of sp³-hybridized carbons (Fsp3) is 0.250. The van der Waals surface area contributed by atoms with E-state index in [4.69, 9.17) is 15.5 Å². The summed E-state index contributed by atoms with van der Waals surface area (Å²) in [6, 6.07) is 16.2. The van der Waals surface area contributed by atoms with Crippen molar-refractivity contribution in [2.24, 2.45) is 0 Å². The Labute approximate surface area is 199 Å². The van der Waals surface area contributed by atoms with Gasteiger partial charge in [0.2, 0.25) is 0 Å². The third kappa shape index (κ3) is 5.50. The van der Waals surface area contributed by atoms with Gasteiger partial charge in [-0.1, -0.05) is 61.6 Å². The molecule has 1 unspecified atom stereocenters. The minimum absolute atomic E-state index is 0.292. The second-order valence-corrected chi connectivity index (χ2v) is 10.4. The number of esters is 1. The zero-order chi connectivity index (χ0) is 23.1. The van der Waals surface area contributed by atoms with E-state index in [0.717, 1.165) is 36.1 Å². The SMILES string of the molecule is CC.CC(=O)OCCC[S+](O)c1sc2nc(-c3cccs3)cc(-c3ccccc3)c2c1N. The number of ether oxygens (including phenoxy) is 1. The van der Waals surface area contributed by atoms with Gasteiger partial charge in [-0.05, 0) is 28.6 Å². The molecule has 1 aromatic carbocycles. The van der Waals surface area contributed by atoms with Crippen molar-refractivity contribution in [1.82, 2.24) is 4.98 Å². The van der Waals surface area contributed by atoms with Gasteiger partial charge in [0.05, 0.1) is 17.2 Å². The monoisotopic (exact) mass is 487 g/mol. The molecule has 0 bridgehead atoms. The molecule has 0 amide bonds. The van der Waals surface area contributed by atoms with Crippen molar-refractivity contribution in [3.63, 3.8) is 0 Å². The maximum Gasteiger partial charge on any atom is 0.302 e. The van der Waals surface area contributed by atoms with Crippen molar-refractivity contribution in [2.45, 2.75) is 31.4 Å². The topological polar surface area (TPSA) is 85.4 Å². The van der Waals surface area contributed by atoms with Crippen LogP contribution in [0.25, 0.3) is 31.9 Å². The second kappa shape index (κ2) is 11.5. The zero-order valence-electron chi connectivity index (χ0n) is 18.3. The van der Waals surface area contributed by atoms with Gasteiger partial charge in [-0.25, -0.2) is 4.98 Å². The van der Waals surface area contributed by atoms with Crippen molar-refractivity contribution >= 4 is 55.7 Å². The van der Waals surface area contributed by atoms with Crippen LogP contribution in [0.3, 0.4) is 0 Å². The van der Waals surface area contributed by atoms with E-state index in [-0.39, 0.29) is 5.97 Å². The molecule has 0 spiro atoms. The molecule has 3 aromatic heterocycles. The van der Waals surface area contributed by atoms with E-state index in [1.807, 2.05) is 43.5 Å². The first-order chi connectivity index (χ1) is 15.5. The van der Waals surface area contributed by atoms with Gasteiger partial charge < -0.3 is 10.5 Å². The van der Waals surface area contributed by atoms with Crippen LogP contribution in [0.4, 0.5) is 5.69 Å². The number of benzene rings is 1. The normalized spacial score (nSPS) is 11.6. The molecule has 0 radical (unpaired) electrons. The van der Waals surface area contributed by atoms with Crippen molar-refractivity contribution < 1.29 is 14.1 Å². The lowest BCUT2D eigenvalue weighted by Crippen LogP contribution is -2.10. The van der Waals surface area contributed by atoms with Gasteiger partial charge in [0.15, 0.2) is 16.9 Å². The van der Waals surface area contributed by atoms with Crippen LogP contribution in [0.2, 0.25) is 0 Å². The van der Waals surface area contributed by atoms with E-state index >= 15 is 0 Å². The lowest BCUT2D eigenvalue weighted by atomic mass is 10.0. The molecule has 8 heteroatoms. The summed E-state index contributed by atoms with van der Waals surface area (Å²) in [6.45, 7) is 5.67. The first kappa shape index (κ1) is 24.3. The number of carbonyl (C=O) groups excluding carboxylic acids is 1. The number of hydrogen-bond donors (Lipinski definition) is 2. The lowest BCUT2D eigenvalue weighted by molar-refractivity contribution is -0.140. The Morgan fingerprint density at radius 2 is 1.94 bits per heavy atom. The van der Waals surface area contributed by atoms with E-state index in [0.29, 0.717) is 24.5 Å². The molecule has 0 aliphatic rings. The maximum absolute atomic E-state index is 10.9. The van der Waals surface area contributed by atoms with Crippen LogP contribution in [0, 0.1) is 0 Å². The van der Waals surface area contributed by atoms with Crippen LogP contribution in [-0.4, -0.2) is 27.9 Å². The molecule has 32 heavy (non-hydrogen) atoms. The number of nitrogens with two attached hydrogens (primary N) is 1. The van der Waals surface area contributed by atoms with Crippen LogP contribution >= 0.6 is 22.7 Å². The van der Waals surface area contributed by atoms with Gasteiger partial charge in [0.1, 0.15) is 10.5 Å². The lowest BCUT2D eigenvalue weighted by Gasteiger charge is -2.07. The minimum atomic E-state index is -1.04. The number of rotatable bonds is 7. The smallest absolute Gasteiger partial charge is 0.302 e. The van der Waals surface area contributed by atoms with Crippen LogP contribution in [-0.2, 0) is 20.7 Å². The molecule has 4 aromatic rings. The fourth-order valence-corrected chi connectivity index (χ4v) is 6.52. The molecule has 3 N–H and O–H groups in total. The van der Waals surface area contributed by atoms with Gasteiger partial charge in [-0.2, -0.15) is 4.55 Å². The van der Waals surface area contributed by atoms with Gasteiger partial charge in [-0.3, -0.25) is 4.79 Å². The molecule has 3 heterocycles. The third-order valence-electron chi connectivity index (χ3n) is 4.52. The summed E-state index contributed by atoms with van der Waals surface area (Å²) in [5.41, 5.74) is 10.1. The van der Waals surface area contributed by atoms with E-state index in [1.54, 1.807) is 11.3 Å². The minimum Gasteiger partial charge on any atom is -0.466 e. The molecule has 168 valence electrons. The maximum atomic E-state index is 10.9. The van der Waals surface area contributed by atoms with E-state index in [2.05, 4.69) is 24.3 Å². The summed E-state index contributed by atoms with van der Waals surface area (Å²) in [5, 5.41) is 2.92.